The number of halogens is 2. The first kappa shape index (κ1) is 19.2. The summed E-state index contributed by atoms with van der Waals surface area (Å²) in [7, 11) is 0. The summed E-state index contributed by atoms with van der Waals surface area (Å²) < 4.78 is -1.15. The average Bonchev–Trinajstić information content (AvgIpc) is 1.84. The molecule has 0 atom stereocenters. The minimum Gasteiger partial charge on any atom is -0.544 e. The molecule has 12 heavy (non-hydrogen) atoms. The first-order valence-corrected chi connectivity index (χ1v) is 3.53. The van der Waals surface area contributed by atoms with E-state index in [1.165, 1.54) is 0 Å². The van der Waals surface area contributed by atoms with Crippen LogP contribution >= 0.6 is 31.9 Å². The van der Waals surface area contributed by atoms with E-state index in [0.29, 0.717) is 0 Å². The fourth-order valence-electron chi connectivity index (χ4n) is 0.179. The van der Waals surface area contributed by atoms with Crippen LogP contribution in [0.4, 0.5) is 0 Å². The minimum absolute atomic E-state index is 0. The van der Waals surface area contributed by atoms with Gasteiger partial charge in [-0.25, -0.2) is 0 Å². The SMILES string of the molecule is O=C([O-])/C(Br)=C(/Br)C(=O)[O-].[Na+].[Na+]. The topological polar surface area (TPSA) is 80.3 Å². The van der Waals surface area contributed by atoms with Gasteiger partial charge in [0.15, 0.2) is 0 Å². The van der Waals surface area contributed by atoms with Gasteiger partial charge in [-0.3, -0.25) is 0 Å². The van der Waals surface area contributed by atoms with Gasteiger partial charge in [0.1, 0.15) is 0 Å². The number of carboxylic acid groups (broad SMARTS) is 2. The Bertz CT molecular complexity index is 193. The molecular weight excluding hydrogens is 318 g/mol. The van der Waals surface area contributed by atoms with Gasteiger partial charge in [-0.15, -0.1) is 0 Å². The second-order valence-corrected chi connectivity index (χ2v) is 2.79. The Kier molecular flexibility index (Phi) is 14.8. The largest absolute Gasteiger partial charge is 1.00 e. The minimum atomic E-state index is -1.61. The van der Waals surface area contributed by atoms with E-state index in [-0.39, 0.29) is 59.1 Å². The maximum absolute atomic E-state index is 9.91. The van der Waals surface area contributed by atoms with Crippen LogP contribution in [0.5, 0.6) is 0 Å². The third-order valence-electron chi connectivity index (χ3n) is 0.551. The summed E-state index contributed by atoms with van der Waals surface area (Å²) in [5, 5.41) is 19.8. The van der Waals surface area contributed by atoms with Crippen molar-refractivity contribution in [3.05, 3.63) is 8.96 Å². The third kappa shape index (κ3) is 7.08. The molecule has 0 saturated heterocycles. The zero-order chi connectivity index (χ0) is 8.31. The van der Waals surface area contributed by atoms with Gasteiger partial charge in [0.05, 0.1) is 20.9 Å². The van der Waals surface area contributed by atoms with E-state index in [1.807, 2.05) is 0 Å². The predicted octanol–water partition coefficient (Wildman–Crippen LogP) is -7.50. The molecule has 0 N–H and O–H groups in total. The molecule has 0 aromatic heterocycles. The molecule has 0 amide bonds. The molecule has 0 saturated carbocycles. The summed E-state index contributed by atoms with van der Waals surface area (Å²) in [6, 6.07) is 0. The molecule has 0 aromatic rings. The molecule has 0 aliphatic carbocycles. The molecular formula is C4Br2Na2O4. The fraction of sp³-hybridized carbons (Fsp3) is 0. The van der Waals surface area contributed by atoms with Crippen LogP contribution in [0.15, 0.2) is 8.96 Å². The van der Waals surface area contributed by atoms with E-state index < -0.39 is 20.9 Å². The molecule has 0 aliphatic heterocycles. The molecule has 4 nitrogen and oxygen atoms in total. The Labute approximate surface area is 130 Å². The summed E-state index contributed by atoms with van der Waals surface area (Å²) in [6.45, 7) is 0. The molecule has 0 rings (SSSR count). The quantitative estimate of drug-likeness (QED) is 0.374. The van der Waals surface area contributed by atoms with Crippen molar-refractivity contribution >= 4 is 43.8 Å². The van der Waals surface area contributed by atoms with Gasteiger partial charge in [0, 0.05) is 0 Å². The molecule has 8 heteroatoms. The molecule has 0 aromatic carbocycles. The maximum atomic E-state index is 9.91. The summed E-state index contributed by atoms with van der Waals surface area (Å²) in [5.74, 6) is -3.23. The molecule has 0 heterocycles. The number of carbonyl (C=O) groups excluding carboxylic acids is 2. The molecule has 0 fully saturated rings. The monoisotopic (exact) mass is 316 g/mol. The van der Waals surface area contributed by atoms with Crippen LogP contribution in [0.1, 0.15) is 0 Å². The molecule has 0 aliphatic rings. The van der Waals surface area contributed by atoms with Crippen molar-refractivity contribution in [2.24, 2.45) is 0 Å². The molecule has 0 radical (unpaired) electrons. The van der Waals surface area contributed by atoms with Crippen LogP contribution in [-0.2, 0) is 9.59 Å². The van der Waals surface area contributed by atoms with Crippen molar-refractivity contribution < 1.29 is 78.9 Å². The number of aliphatic carboxylic acids is 2. The number of carboxylic acids is 2. The second kappa shape index (κ2) is 9.21. The van der Waals surface area contributed by atoms with Crippen molar-refractivity contribution in [2.45, 2.75) is 0 Å². The van der Waals surface area contributed by atoms with E-state index in [1.54, 1.807) is 0 Å². The van der Waals surface area contributed by atoms with E-state index >= 15 is 0 Å². The summed E-state index contributed by atoms with van der Waals surface area (Å²) in [5.41, 5.74) is 0. The van der Waals surface area contributed by atoms with Crippen molar-refractivity contribution in [3.8, 4) is 0 Å². The molecule has 56 valence electrons. The van der Waals surface area contributed by atoms with Crippen molar-refractivity contribution in [1.82, 2.24) is 0 Å². The van der Waals surface area contributed by atoms with Gasteiger partial charge in [-0.1, -0.05) is 0 Å². The number of hydrogen-bond acceptors (Lipinski definition) is 4. The summed E-state index contributed by atoms with van der Waals surface area (Å²) in [6.07, 6.45) is 0. The third-order valence-corrected chi connectivity index (χ3v) is 2.52. The van der Waals surface area contributed by atoms with Gasteiger partial charge in [-0.05, 0) is 31.9 Å². The Morgan fingerprint density at radius 3 is 1.08 bits per heavy atom. The van der Waals surface area contributed by atoms with Crippen molar-refractivity contribution in [1.29, 1.82) is 0 Å². The van der Waals surface area contributed by atoms with Crippen LogP contribution in [0.2, 0.25) is 0 Å². The fourth-order valence-corrected chi connectivity index (χ4v) is 0.503. The van der Waals surface area contributed by atoms with Crippen LogP contribution in [0.3, 0.4) is 0 Å². The first-order valence-electron chi connectivity index (χ1n) is 1.94. The van der Waals surface area contributed by atoms with Crippen molar-refractivity contribution in [3.63, 3.8) is 0 Å². The zero-order valence-corrected chi connectivity index (χ0v) is 13.6. The second-order valence-electron chi connectivity index (χ2n) is 1.20. The van der Waals surface area contributed by atoms with Crippen molar-refractivity contribution in [2.75, 3.05) is 0 Å². The Morgan fingerprint density at radius 2 is 1.00 bits per heavy atom. The van der Waals surface area contributed by atoms with Gasteiger partial charge in [-0.2, -0.15) is 0 Å². The van der Waals surface area contributed by atoms with Gasteiger partial charge >= 0.3 is 59.1 Å². The van der Waals surface area contributed by atoms with Crippen LogP contribution < -0.4 is 69.3 Å². The van der Waals surface area contributed by atoms with E-state index in [2.05, 4.69) is 31.9 Å². The average molecular weight is 318 g/mol. The summed E-state index contributed by atoms with van der Waals surface area (Å²) in [4.78, 5) is 19.8. The van der Waals surface area contributed by atoms with E-state index in [4.69, 9.17) is 0 Å². The van der Waals surface area contributed by atoms with Gasteiger partial charge in [0.25, 0.3) is 0 Å². The predicted molar refractivity (Wildman–Crippen MR) is 34.9 cm³/mol. The standard InChI is InChI=1S/C4H2Br2O4.2Na/c5-1(3(7)8)2(6)4(9)10;;/h(H,7,8)(H,9,10);;/q;2*+1/p-2/b2-1-;;. The van der Waals surface area contributed by atoms with E-state index in [0.717, 1.165) is 0 Å². The smallest absolute Gasteiger partial charge is 0.544 e. The molecule has 0 unspecified atom stereocenters. The number of rotatable bonds is 2. The number of hydrogen-bond donors (Lipinski definition) is 0. The maximum Gasteiger partial charge on any atom is 1.00 e. The number of carbonyl (C=O) groups is 2. The zero-order valence-electron chi connectivity index (χ0n) is 6.39. The normalized spacial score (nSPS) is 10.2. The van der Waals surface area contributed by atoms with Crippen LogP contribution in [-0.4, -0.2) is 11.9 Å². The van der Waals surface area contributed by atoms with Gasteiger partial charge in [0.2, 0.25) is 0 Å². The Morgan fingerprint density at radius 1 is 0.833 bits per heavy atom. The van der Waals surface area contributed by atoms with Crippen LogP contribution in [0.25, 0.3) is 0 Å². The first-order chi connectivity index (χ1) is 4.46. The summed E-state index contributed by atoms with van der Waals surface area (Å²) >= 11 is 4.92. The Balaban J connectivity index is -0.000000405. The van der Waals surface area contributed by atoms with Gasteiger partial charge < -0.3 is 19.8 Å². The van der Waals surface area contributed by atoms with Crippen LogP contribution in [0, 0.1) is 0 Å². The molecule has 0 bridgehead atoms. The Hall–Kier alpha value is 1.64. The van der Waals surface area contributed by atoms with E-state index in [9.17, 15) is 19.8 Å². The molecule has 0 spiro atoms.